The molecule has 2 aromatic carbocycles. The lowest BCUT2D eigenvalue weighted by Crippen LogP contribution is -2.38. The Bertz CT molecular complexity index is 855. The van der Waals surface area contributed by atoms with E-state index in [0.29, 0.717) is 41.0 Å². The van der Waals surface area contributed by atoms with Gasteiger partial charge in [0.05, 0.1) is 17.9 Å². The number of ether oxygens (including phenoxy) is 1. The molecule has 1 heterocycles. The highest BCUT2D eigenvalue weighted by Crippen LogP contribution is 2.23. The summed E-state index contributed by atoms with van der Waals surface area (Å²) in [6, 6.07) is 14.3. The van der Waals surface area contributed by atoms with Gasteiger partial charge in [0.1, 0.15) is 5.75 Å². The van der Waals surface area contributed by atoms with Gasteiger partial charge >= 0.3 is 0 Å². The second kappa shape index (κ2) is 9.59. The van der Waals surface area contributed by atoms with Crippen molar-refractivity contribution in [2.24, 2.45) is 11.8 Å². The average Bonchev–Trinajstić information content (AvgIpc) is 2.73. The lowest BCUT2D eigenvalue weighted by atomic mass is 9.98. The van der Waals surface area contributed by atoms with Crippen LogP contribution in [0.3, 0.4) is 0 Å². The summed E-state index contributed by atoms with van der Waals surface area (Å²) in [7, 11) is 0. The molecule has 0 unspecified atom stereocenters. The number of carbonyl (C=O) groups is 2. The van der Waals surface area contributed by atoms with Crippen molar-refractivity contribution < 1.29 is 14.3 Å². The Kier molecular flexibility index (Phi) is 6.91. The summed E-state index contributed by atoms with van der Waals surface area (Å²) in [6.07, 6.45) is 2.03. The minimum atomic E-state index is -0.257. The van der Waals surface area contributed by atoms with Crippen molar-refractivity contribution in [2.75, 3.05) is 25.0 Å². The monoisotopic (exact) mass is 394 g/mol. The molecule has 0 spiro atoms. The van der Waals surface area contributed by atoms with Crippen molar-refractivity contribution in [1.29, 1.82) is 0 Å². The summed E-state index contributed by atoms with van der Waals surface area (Å²) in [5.74, 6) is 1.44. The Labute approximate surface area is 173 Å². The molecular formula is C24H30N2O3. The van der Waals surface area contributed by atoms with Crippen LogP contribution in [0.5, 0.6) is 5.75 Å². The molecule has 2 aromatic rings. The molecule has 1 saturated heterocycles. The highest BCUT2D eigenvalue weighted by Gasteiger charge is 2.23. The molecule has 1 aliphatic rings. The second-order valence-corrected chi connectivity index (χ2v) is 8.21. The molecule has 0 aromatic heterocycles. The molecule has 2 amide bonds. The van der Waals surface area contributed by atoms with E-state index >= 15 is 0 Å². The molecule has 3 rings (SSSR count). The first-order chi connectivity index (χ1) is 13.9. The molecule has 1 aliphatic heterocycles. The van der Waals surface area contributed by atoms with Crippen LogP contribution in [-0.4, -0.2) is 36.4 Å². The van der Waals surface area contributed by atoms with Gasteiger partial charge in [-0.25, -0.2) is 0 Å². The Hall–Kier alpha value is -2.82. The minimum Gasteiger partial charge on any atom is -0.493 e. The van der Waals surface area contributed by atoms with Gasteiger partial charge in [0, 0.05) is 18.7 Å². The molecule has 0 atom stereocenters. The van der Waals surface area contributed by atoms with E-state index < -0.39 is 0 Å². The number of para-hydroxylation sites is 1. The summed E-state index contributed by atoms with van der Waals surface area (Å²) < 4.78 is 5.72. The average molecular weight is 395 g/mol. The molecule has 29 heavy (non-hydrogen) atoms. The summed E-state index contributed by atoms with van der Waals surface area (Å²) in [5.41, 5.74) is 1.57. The van der Waals surface area contributed by atoms with Crippen LogP contribution in [-0.2, 0) is 0 Å². The number of benzene rings is 2. The molecule has 1 N–H and O–H groups in total. The predicted octanol–water partition coefficient (Wildman–Crippen LogP) is 4.85. The maximum Gasteiger partial charge on any atom is 0.255 e. The Balaban J connectivity index is 1.73. The van der Waals surface area contributed by atoms with Gasteiger partial charge < -0.3 is 15.0 Å². The first kappa shape index (κ1) is 20.9. The van der Waals surface area contributed by atoms with Crippen LogP contribution in [0.15, 0.2) is 48.5 Å². The third-order valence-electron chi connectivity index (χ3n) is 5.16. The number of hydrogen-bond acceptors (Lipinski definition) is 3. The number of hydrogen-bond donors (Lipinski definition) is 1. The van der Waals surface area contributed by atoms with Crippen molar-refractivity contribution in [3.8, 4) is 5.75 Å². The van der Waals surface area contributed by atoms with Gasteiger partial charge in [-0.3, -0.25) is 9.59 Å². The highest BCUT2D eigenvalue weighted by atomic mass is 16.5. The number of amides is 2. The molecule has 5 heteroatoms. The van der Waals surface area contributed by atoms with E-state index in [1.807, 2.05) is 23.1 Å². The van der Waals surface area contributed by atoms with Gasteiger partial charge in [-0.1, -0.05) is 39.0 Å². The van der Waals surface area contributed by atoms with Gasteiger partial charge in [-0.15, -0.1) is 0 Å². The summed E-state index contributed by atoms with van der Waals surface area (Å²) >= 11 is 0. The van der Waals surface area contributed by atoms with E-state index in [9.17, 15) is 9.59 Å². The molecule has 0 radical (unpaired) electrons. The number of carbonyl (C=O) groups excluding carboxylic acids is 2. The Morgan fingerprint density at radius 3 is 2.55 bits per heavy atom. The first-order valence-electron chi connectivity index (χ1n) is 10.4. The number of nitrogens with one attached hydrogen (secondary N) is 1. The number of rotatable bonds is 6. The maximum atomic E-state index is 13.0. The highest BCUT2D eigenvalue weighted by molar-refractivity contribution is 6.09. The van der Waals surface area contributed by atoms with Crippen LogP contribution >= 0.6 is 0 Å². The Morgan fingerprint density at radius 2 is 1.83 bits per heavy atom. The number of likely N-dealkylation sites (tertiary alicyclic amines) is 1. The number of nitrogens with zero attached hydrogens (tertiary/aromatic N) is 1. The van der Waals surface area contributed by atoms with Crippen LogP contribution in [0.4, 0.5) is 5.69 Å². The van der Waals surface area contributed by atoms with Crippen LogP contribution in [0.2, 0.25) is 0 Å². The van der Waals surface area contributed by atoms with Crippen LogP contribution < -0.4 is 10.1 Å². The largest absolute Gasteiger partial charge is 0.493 e. The SMILES string of the molecule is CC(C)COc1cccc(C(=O)Nc2ccccc2C(=O)N2CCC(C)CC2)c1. The van der Waals surface area contributed by atoms with Crippen molar-refractivity contribution in [1.82, 2.24) is 4.90 Å². The zero-order valence-electron chi connectivity index (χ0n) is 17.5. The van der Waals surface area contributed by atoms with E-state index in [2.05, 4.69) is 26.1 Å². The van der Waals surface area contributed by atoms with Crippen molar-refractivity contribution in [3.63, 3.8) is 0 Å². The maximum absolute atomic E-state index is 13.0. The normalized spacial score (nSPS) is 14.7. The number of anilines is 1. The zero-order valence-corrected chi connectivity index (χ0v) is 17.5. The zero-order chi connectivity index (χ0) is 20.8. The third-order valence-corrected chi connectivity index (χ3v) is 5.16. The Morgan fingerprint density at radius 1 is 1.10 bits per heavy atom. The van der Waals surface area contributed by atoms with E-state index in [4.69, 9.17) is 4.74 Å². The van der Waals surface area contributed by atoms with E-state index in [1.165, 1.54) is 0 Å². The summed E-state index contributed by atoms with van der Waals surface area (Å²) in [4.78, 5) is 27.7. The quantitative estimate of drug-likeness (QED) is 0.762. The van der Waals surface area contributed by atoms with E-state index in [1.54, 1.807) is 30.3 Å². The van der Waals surface area contributed by atoms with Crippen molar-refractivity contribution in [3.05, 3.63) is 59.7 Å². The van der Waals surface area contributed by atoms with Gasteiger partial charge in [0.2, 0.25) is 0 Å². The minimum absolute atomic E-state index is 0.0261. The molecular weight excluding hydrogens is 364 g/mol. The molecule has 1 fully saturated rings. The lowest BCUT2D eigenvalue weighted by molar-refractivity contribution is 0.0698. The smallest absolute Gasteiger partial charge is 0.255 e. The van der Waals surface area contributed by atoms with Gasteiger partial charge in [-0.05, 0) is 55.0 Å². The summed E-state index contributed by atoms with van der Waals surface area (Å²) in [6.45, 7) is 8.49. The van der Waals surface area contributed by atoms with Crippen LogP contribution in [0.25, 0.3) is 0 Å². The van der Waals surface area contributed by atoms with Crippen molar-refractivity contribution in [2.45, 2.75) is 33.6 Å². The second-order valence-electron chi connectivity index (χ2n) is 8.21. The number of piperidine rings is 1. The third kappa shape index (κ3) is 5.59. The van der Waals surface area contributed by atoms with Gasteiger partial charge in [0.25, 0.3) is 11.8 Å². The van der Waals surface area contributed by atoms with Crippen molar-refractivity contribution >= 4 is 17.5 Å². The molecule has 0 bridgehead atoms. The fourth-order valence-corrected chi connectivity index (χ4v) is 3.35. The summed E-state index contributed by atoms with van der Waals surface area (Å²) in [5, 5.41) is 2.91. The van der Waals surface area contributed by atoms with Crippen LogP contribution in [0, 0.1) is 11.8 Å². The van der Waals surface area contributed by atoms with Crippen LogP contribution in [0.1, 0.15) is 54.3 Å². The lowest BCUT2D eigenvalue weighted by Gasteiger charge is -2.30. The predicted molar refractivity (Wildman–Crippen MR) is 115 cm³/mol. The molecule has 5 nitrogen and oxygen atoms in total. The fraction of sp³-hybridized carbons (Fsp3) is 0.417. The molecule has 0 saturated carbocycles. The van der Waals surface area contributed by atoms with E-state index in [-0.39, 0.29) is 11.8 Å². The van der Waals surface area contributed by atoms with Gasteiger partial charge in [0.15, 0.2) is 0 Å². The fourth-order valence-electron chi connectivity index (χ4n) is 3.35. The molecule has 154 valence electrons. The standard InChI is InChI=1S/C24H30N2O3/c1-17(2)16-29-20-8-6-7-19(15-20)23(27)25-22-10-5-4-9-21(22)24(28)26-13-11-18(3)12-14-26/h4-10,15,17-18H,11-14,16H2,1-3H3,(H,25,27). The first-order valence-corrected chi connectivity index (χ1v) is 10.4. The topological polar surface area (TPSA) is 58.6 Å². The van der Waals surface area contributed by atoms with Gasteiger partial charge in [-0.2, -0.15) is 0 Å². The van der Waals surface area contributed by atoms with E-state index in [0.717, 1.165) is 25.9 Å². The molecule has 0 aliphatic carbocycles.